The fourth-order valence-electron chi connectivity index (χ4n) is 1.40. The first-order valence-electron chi connectivity index (χ1n) is 5.33. The lowest BCUT2D eigenvalue weighted by atomic mass is 10.1. The summed E-state index contributed by atoms with van der Waals surface area (Å²) in [6.07, 6.45) is 0. The first-order valence-corrected chi connectivity index (χ1v) is 5.71. The van der Waals surface area contributed by atoms with Crippen molar-refractivity contribution >= 4 is 17.4 Å². The van der Waals surface area contributed by atoms with Crippen molar-refractivity contribution in [2.45, 2.75) is 0 Å². The molecule has 0 fully saturated rings. The number of halogens is 3. The third-order valence-electron chi connectivity index (χ3n) is 2.33. The summed E-state index contributed by atoms with van der Waals surface area (Å²) in [5, 5.41) is 0.431. The maximum absolute atomic E-state index is 12.9. The first-order chi connectivity index (χ1) is 9.06. The van der Waals surface area contributed by atoms with Crippen LogP contribution in [0.5, 0.6) is 0 Å². The van der Waals surface area contributed by atoms with Crippen molar-refractivity contribution < 1.29 is 13.6 Å². The molecule has 0 unspecified atom stereocenters. The van der Waals surface area contributed by atoms with Crippen LogP contribution in [0.25, 0.3) is 0 Å². The Morgan fingerprint density at radius 2 is 1.84 bits per heavy atom. The fraction of sp³-hybridized carbons (Fsp3) is 0. The molecule has 0 N–H and O–H groups in total. The third-order valence-corrected chi connectivity index (χ3v) is 2.56. The van der Waals surface area contributed by atoms with E-state index >= 15 is 0 Å². The number of carbonyl (C=O) groups excluding carboxylic acids is 1. The molecule has 2 rings (SSSR count). The van der Waals surface area contributed by atoms with Gasteiger partial charge in [0.1, 0.15) is 0 Å². The topological polar surface area (TPSA) is 17.1 Å². The smallest absolute Gasteiger partial charge is 0.236 e. The van der Waals surface area contributed by atoms with Crippen molar-refractivity contribution in [3.8, 4) is 11.8 Å². The minimum absolute atomic E-state index is 0.231. The zero-order chi connectivity index (χ0) is 13.8. The normalized spacial score (nSPS) is 9.63. The molecule has 4 heteroatoms. The van der Waals surface area contributed by atoms with Crippen LogP contribution in [0.15, 0.2) is 42.5 Å². The fourth-order valence-corrected chi connectivity index (χ4v) is 1.59. The summed E-state index contributed by atoms with van der Waals surface area (Å²) in [6, 6.07) is 9.54. The number of rotatable bonds is 1. The molecule has 0 spiro atoms. The molecule has 0 bridgehead atoms. The molecular formula is C15H7ClF2O. The van der Waals surface area contributed by atoms with Crippen molar-refractivity contribution in [2.24, 2.45) is 0 Å². The maximum atomic E-state index is 12.9. The van der Waals surface area contributed by atoms with E-state index in [0.717, 1.165) is 12.1 Å². The molecule has 0 aromatic heterocycles. The quantitative estimate of drug-likeness (QED) is 0.571. The molecule has 0 amide bonds. The Balaban J connectivity index is 2.24. The van der Waals surface area contributed by atoms with Gasteiger partial charge in [0, 0.05) is 16.1 Å². The van der Waals surface area contributed by atoms with Crippen LogP contribution < -0.4 is 0 Å². The van der Waals surface area contributed by atoms with E-state index < -0.39 is 17.4 Å². The summed E-state index contributed by atoms with van der Waals surface area (Å²) in [7, 11) is 0. The van der Waals surface area contributed by atoms with Crippen LogP contribution in [-0.4, -0.2) is 5.78 Å². The van der Waals surface area contributed by atoms with Gasteiger partial charge in [-0.1, -0.05) is 29.7 Å². The molecule has 0 aliphatic rings. The van der Waals surface area contributed by atoms with Gasteiger partial charge in [-0.3, -0.25) is 4.79 Å². The van der Waals surface area contributed by atoms with E-state index in [1.165, 1.54) is 12.1 Å². The predicted molar refractivity (Wildman–Crippen MR) is 69.0 cm³/mol. The monoisotopic (exact) mass is 276 g/mol. The van der Waals surface area contributed by atoms with Gasteiger partial charge in [0.15, 0.2) is 11.6 Å². The lowest BCUT2D eigenvalue weighted by Gasteiger charge is -1.95. The Bertz CT molecular complexity index is 699. The first kappa shape index (κ1) is 13.3. The number of hydrogen-bond acceptors (Lipinski definition) is 1. The second-order valence-corrected chi connectivity index (χ2v) is 4.15. The molecule has 0 aliphatic heterocycles. The zero-order valence-electron chi connectivity index (χ0n) is 9.58. The van der Waals surface area contributed by atoms with Crippen LogP contribution >= 0.6 is 11.6 Å². The lowest BCUT2D eigenvalue weighted by Crippen LogP contribution is -1.94. The van der Waals surface area contributed by atoms with Gasteiger partial charge < -0.3 is 0 Å². The largest absolute Gasteiger partial charge is 0.279 e. The highest BCUT2D eigenvalue weighted by Gasteiger charge is 2.03. The Hall–Kier alpha value is -2.18. The van der Waals surface area contributed by atoms with Crippen molar-refractivity contribution in [1.82, 2.24) is 0 Å². The van der Waals surface area contributed by atoms with E-state index in [9.17, 15) is 13.6 Å². The third kappa shape index (κ3) is 3.40. The van der Waals surface area contributed by atoms with E-state index in [1.807, 2.05) is 0 Å². The van der Waals surface area contributed by atoms with Gasteiger partial charge in [-0.05, 0) is 36.3 Å². The van der Waals surface area contributed by atoms with Crippen LogP contribution in [0.2, 0.25) is 5.02 Å². The Kier molecular flexibility index (Phi) is 3.94. The summed E-state index contributed by atoms with van der Waals surface area (Å²) < 4.78 is 25.6. The molecule has 2 aromatic rings. The van der Waals surface area contributed by atoms with E-state index in [0.29, 0.717) is 10.6 Å². The number of hydrogen-bond donors (Lipinski definition) is 0. The Morgan fingerprint density at radius 3 is 2.53 bits per heavy atom. The van der Waals surface area contributed by atoms with Crippen molar-refractivity contribution in [2.75, 3.05) is 0 Å². The molecule has 0 aliphatic carbocycles. The van der Waals surface area contributed by atoms with Gasteiger partial charge in [-0.25, -0.2) is 8.78 Å². The molecule has 0 saturated carbocycles. The maximum Gasteiger partial charge on any atom is 0.236 e. The standard InChI is InChI=1S/C15H7ClF2O/c16-12-3-1-2-11(9-12)15(19)7-5-10-4-6-13(17)14(18)8-10/h1-4,6,8-9H. The number of carbonyl (C=O) groups is 1. The van der Waals surface area contributed by atoms with Crippen molar-refractivity contribution in [1.29, 1.82) is 0 Å². The molecule has 0 heterocycles. The predicted octanol–water partition coefficient (Wildman–Crippen LogP) is 3.85. The summed E-state index contributed by atoms with van der Waals surface area (Å²) in [5.41, 5.74) is 0.580. The average Bonchev–Trinajstić information content (AvgIpc) is 2.40. The van der Waals surface area contributed by atoms with Crippen LogP contribution in [0.3, 0.4) is 0 Å². The number of ketones is 1. The van der Waals surface area contributed by atoms with Gasteiger partial charge in [0.05, 0.1) is 0 Å². The Labute approximate surface area is 113 Å². The van der Waals surface area contributed by atoms with Gasteiger partial charge in [-0.15, -0.1) is 0 Å². The second-order valence-electron chi connectivity index (χ2n) is 3.72. The van der Waals surface area contributed by atoms with Gasteiger partial charge in [0.25, 0.3) is 0 Å². The van der Waals surface area contributed by atoms with Crippen LogP contribution in [-0.2, 0) is 0 Å². The highest BCUT2D eigenvalue weighted by atomic mass is 35.5. The zero-order valence-corrected chi connectivity index (χ0v) is 10.3. The van der Waals surface area contributed by atoms with E-state index in [-0.39, 0.29) is 5.56 Å². The lowest BCUT2D eigenvalue weighted by molar-refractivity contribution is 0.105. The molecule has 0 atom stereocenters. The number of benzene rings is 2. The van der Waals surface area contributed by atoms with E-state index in [4.69, 9.17) is 11.6 Å². The van der Waals surface area contributed by atoms with E-state index in [2.05, 4.69) is 11.8 Å². The molecule has 1 nitrogen and oxygen atoms in total. The molecular weight excluding hydrogens is 270 g/mol. The summed E-state index contributed by atoms with van der Waals surface area (Å²) in [4.78, 5) is 11.7. The minimum Gasteiger partial charge on any atom is -0.279 e. The highest BCUT2D eigenvalue weighted by Crippen LogP contribution is 2.11. The average molecular weight is 277 g/mol. The summed E-state index contributed by atoms with van der Waals surface area (Å²) in [5.74, 6) is 2.45. The summed E-state index contributed by atoms with van der Waals surface area (Å²) in [6.45, 7) is 0. The minimum atomic E-state index is -0.998. The Morgan fingerprint density at radius 1 is 1.05 bits per heavy atom. The molecule has 19 heavy (non-hydrogen) atoms. The van der Waals surface area contributed by atoms with Crippen LogP contribution in [0.4, 0.5) is 8.78 Å². The molecule has 0 radical (unpaired) electrons. The molecule has 2 aromatic carbocycles. The molecule has 0 saturated heterocycles. The van der Waals surface area contributed by atoms with Gasteiger partial charge in [-0.2, -0.15) is 0 Å². The van der Waals surface area contributed by atoms with Gasteiger partial charge in [0.2, 0.25) is 5.78 Å². The van der Waals surface area contributed by atoms with Crippen LogP contribution in [0.1, 0.15) is 15.9 Å². The second kappa shape index (κ2) is 5.64. The highest BCUT2D eigenvalue weighted by molar-refractivity contribution is 6.31. The van der Waals surface area contributed by atoms with Gasteiger partial charge >= 0.3 is 0 Å². The van der Waals surface area contributed by atoms with E-state index in [1.54, 1.807) is 18.2 Å². The SMILES string of the molecule is O=C(C#Cc1ccc(F)c(F)c1)c1cccc(Cl)c1. The number of Topliss-reactive ketones (excluding diaryl/α,β-unsaturated/α-hetero) is 1. The molecule has 94 valence electrons. The summed E-state index contributed by atoms with van der Waals surface area (Å²) >= 11 is 5.75. The van der Waals surface area contributed by atoms with Crippen molar-refractivity contribution in [3.63, 3.8) is 0 Å². The van der Waals surface area contributed by atoms with Crippen LogP contribution in [0, 0.1) is 23.5 Å². The van der Waals surface area contributed by atoms with Crippen molar-refractivity contribution in [3.05, 3.63) is 70.2 Å².